The van der Waals surface area contributed by atoms with Crippen molar-refractivity contribution >= 4 is 47.4 Å². The van der Waals surface area contributed by atoms with E-state index in [1.807, 2.05) is 66.9 Å². The molecule has 0 aliphatic rings. The lowest BCUT2D eigenvalue weighted by Crippen LogP contribution is -2.21. The molecule has 0 aromatic heterocycles. The molecule has 15 nitrogen and oxygen atoms in total. The van der Waals surface area contributed by atoms with Crippen LogP contribution in [0, 0.1) is 0 Å². The summed E-state index contributed by atoms with van der Waals surface area (Å²) in [5, 5.41) is 0. The number of nitrogens with zero attached hydrogens (tertiary/aromatic N) is 3. The third-order valence-electron chi connectivity index (χ3n) is 13.0. The third-order valence-corrected chi connectivity index (χ3v) is 18.4. The first kappa shape index (κ1) is 69.0. The number of sulfone groups is 3. The Kier molecular flexibility index (Phi) is 28.6. The highest BCUT2D eigenvalue weighted by molar-refractivity contribution is 7.97. The SMILES string of the molecule is CC(C)OC(=O)/C(=C/C=C/N(CCCCCCN(/C=C/C=C(/C(=O)OC(C)C)S(=O)(=O)c1ccccc1)Cc1ccccc1)CCCCCCN(/C=C/C=C(/C(=O)OC(C)C)S(=O)(=O)c1ccccc1)Cc1ccccc1)S(=O)(=O)c1ccccc1. The molecule has 0 fully saturated rings. The van der Waals surface area contributed by atoms with Gasteiger partial charge in [-0.1, -0.05) is 141 Å². The van der Waals surface area contributed by atoms with Crippen molar-refractivity contribution < 1.29 is 53.8 Å². The fourth-order valence-electron chi connectivity index (χ4n) is 8.83. The summed E-state index contributed by atoms with van der Waals surface area (Å²) in [5.41, 5.74) is 2.10. The topological polar surface area (TPSA) is 191 Å². The predicted molar refractivity (Wildman–Crippen MR) is 338 cm³/mol. The molecule has 0 heterocycles. The second kappa shape index (κ2) is 35.6. The maximum atomic E-state index is 13.8. The van der Waals surface area contributed by atoms with E-state index in [1.165, 1.54) is 54.6 Å². The Labute approximate surface area is 510 Å². The second-order valence-electron chi connectivity index (χ2n) is 21.2. The van der Waals surface area contributed by atoms with Gasteiger partial charge >= 0.3 is 17.9 Å². The number of ether oxygens (including phenoxy) is 3. The molecule has 0 spiro atoms. The van der Waals surface area contributed by atoms with Gasteiger partial charge in [-0.15, -0.1) is 0 Å². The molecule has 0 saturated heterocycles. The van der Waals surface area contributed by atoms with Crippen LogP contribution >= 0.6 is 0 Å². The van der Waals surface area contributed by atoms with Gasteiger partial charge in [0, 0.05) is 39.3 Å². The summed E-state index contributed by atoms with van der Waals surface area (Å²) in [6.45, 7) is 13.6. The van der Waals surface area contributed by atoms with Crippen molar-refractivity contribution in [2.75, 3.05) is 26.2 Å². The highest BCUT2D eigenvalue weighted by atomic mass is 32.2. The first-order valence-electron chi connectivity index (χ1n) is 29.2. The number of esters is 3. The monoisotopic (exact) mass is 1230 g/mol. The number of unbranched alkanes of at least 4 members (excludes halogenated alkanes) is 6. The molecule has 0 amide bonds. The molecule has 0 atom stereocenters. The van der Waals surface area contributed by atoms with E-state index in [0.717, 1.165) is 62.5 Å². The Morgan fingerprint density at radius 1 is 0.349 bits per heavy atom. The molecule has 18 heteroatoms. The van der Waals surface area contributed by atoms with E-state index in [-0.39, 0.29) is 14.7 Å². The number of benzene rings is 5. The molecule has 0 saturated carbocycles. The number of allylic oxidation sites excluding steroid dienone is 6. The van der Waals surface area contributed by atoms with Gasteiger partial charge in [0.15, 0.2) is 14.7 Å². The van der Waals surface area contributed by atoms with Gasteiger partial charge in [-0.05, 0) is 170 Å². The molecule has 0 radical (unpaired) electrons. The van der Waals surface area contributed by atoms with Gasteiger partial charge in [0.25, 0.3) is 0 Å². The Balaban J connectivity index is 1.30. The maximum absolute atomic E-state index is 13.8. The summed E-state index contributed by atoms with van der Waals surface area (Å²) in [5.74, 6) is -2.82. The fraction of sp³-hybridized carbons (Fsp3) is 0.338. The van der Waals surface area contributed by atoms with Crippen molar-refractivity contribution in [3.63, 3.8) is 0 Å². The second-order valence-corrected chi connectivity index (χ2v) is 27.0. The van der Waals surface area contributed by atoms with Gasteiger partial charge < -0.3 is 28.9 Å². The third kappa shape index (κ3) is 23.2. The largest absolute Gasteiger partial charge is 0.459 e. The number of carbonyl (C=O) groups excluding carboxylic acids is 3. The van der Waals surface area contributed by atoms with Crippen molar-refractivity contribution in [2.45, 2.75) is 139 Å². The predicted octanol–water partition coefficient (Wildman–Crippen LogP) is 12.9. The lowest BCUT2D eigenvalue weighted by Gasteiger charge is -2.22. The number of hydrogen-bond acceptors (Lipinski definition) is 15. The molecule has 5 aromatic rings. The Morgan fingerprint density at radius 2 is 0.581 bits per heavy atom. The zero-order valence-electron chi connectivity index (χ0n) is 50.2. The van der Waals surface area contributed by atoms with Gasteiger partial charge in [0.2, 0.25) is 29.5 Å². The van der Waals surface area contributed by atoms with E-state index in [9.17, 15) is 39.6 Å². The molecule has 0 N–H and O–H groups in total. The molecular weight excluding hydrogens is 1150 g/mol. The minimum absolute atomic E-state index is 0.0156. The number of hydrogen-bond donors (Lipinski definition) is 0. The number of rotatable bonds is 36. The van der Waals surface area contributed by atoms with E-state index < -0.39 is 80.4 Å². The molecule has 0 aliphatic carbocycles. The van der Waals surface area contributed by atoms with Crippen LogP contribution in [0.5, 0.6) is 0 Å². The smallest absolute Gasteiger partial charge is 0.350 e. The lowest BCUT2D eigenvalue weighted by molar-refractivity contribution is -0.142. The summed E-state index contributed by atoms with van der Waals surface area (Å²) >= 11 is 0. The van der Waals surface area contributed by atoms with Crippen molar-refractivity contribution in [2.24, 2.45) is 0 Å². The average molecular weight is 1230 g/mol. The lowest BCUT2D eigenvalue weighted by atomic mass is 10.1. The van der Waals surface area contributed by atoms with Gasteiger partial charge in [-0.2, -0.15) is 0 Å². The summed E-state index contributed by atoms with van der Waals surface area (Å²) in [6, 6.07) is 43.1. The fourth-order valence-corrected chi connectivity index (χ4v) is 12.7. The van der Waals surface area contributed by atoms with E-state index in [2.05, 4.69) is 14.7 Å². The molecule has 86 heavy (non-hydrogen) atoms. The molecule has 0 aliphatic heterocycles. The highest BCUT2D eigenvalue weighted by Crippen LogP contribution is 2.25. The normalized spacial score (nSPS) is 12.8. The van der Waals surface area contributed by atoms with E-state index >= 15 is 0 Å². The molecule has 0 bridgehead atoms. The minimum Gasteiger partial charge on any atom is -0.459 e. The van der Waals surface area contributed by atoms with E-state index in [4.69, 9.17) is 14.2 Å². The highest BCUT2D eigenvalue weighted by Gasteiger charge is 2.31. The van der Waals surface area contributed by atoms with Crippen LogP contribution in [0.2, 0.25) is 0 Å². The van der Waals surface area contributed by atoms with Crippen molar-refractivity contribution in [1.29, 1.82) is 0 Å². The molecule has 460 valence electrons. The zero-order chi connectivity index (χ0) is 62.4. The van der Waals surface area contributed by atoms with Gasteiger partial charge in [-0.3, -0.25) is 0 Å². The van der Waals surface area contributed by atoms with Crippen molar-refractivity contribution in [3.8, 4) is 0 Å². The first-order valence-corrected chi connectivity index (χ1v) is 33.6. The Bertz CT molecular complexity index is 3270. The average Bonchev–Trinajstić information content (AvgIpc) is 3.30. The Morgan fingerprint density at radius 3 is 0.837 bits per heavy atom. The number of carbonyl (C=O) groups is 3. The molecule has 5 rings (SSSR count). The summed E-state index contributed by atoms with van der Waals surface area (Å²) in [4.78, 5) is 44.6. The van der Waals surface area contributed by atoms with Crippen LogP contribution in [-0.4, -0.2) is 102 Å². The molecule has 0 unspecified atom stereocenters. The standard InChI is InChI=1S/C68H83N3O12S3/c1-55(2)81-66(72)63(84(75,76)60-37-20-13-21-38-60)43-30-50-69(46-26-7-9-28-48-70(53-58-33-16-11-17-34-58)51-31-44-64(67(73)82-56(3)4)85(77,78)61-39-22-14-23-40-61)47-27-8-10-29-49-71(54-59-35-18-12-19-36-59)52-32-45-65(68(74)83-57(5)6)86(79,80)62-41-24-15-25-42-62/h11-25,30-45,50-52,55-57H,7-10,26-29,46-49,53-54H2,1-6H3/b50-30+,51-31+,52-32+,63-43-,64-44-,65-45-. The van der Waals surface area contributed by atoms with Crippen molar-refractivity contribution in [1.82, 2.24) is 14.7 Å². The van der Waals surface area contributed by atoms with Crippen LogP contribution in [0.25, 0.3) is 0 Å². The van der Waals surface area contributed by atoms with Crippen LogP contribution in [0.3, 0.4) is 0 Å². The minimum atomic E-state index is -4.23. The Hall–Kier alpha value is -7.80. The maximum Gasteiger partial charge on any atom is 0.350 e. The zero-order valence-corrected chi connectivity index (χ0v) is 52.7. The quantitative estimate of drug-likeness (QED) is 0.0121. The summed E-state index contributed by atoms with van der Waals surface area (Å²) < 4.78 is 98.6. The van der Waals surface area contributed by atoms with Gasteiger partial charge in [0.1, 0.15) is 0 Å². The summed E-state index contributed by atoms with van der Waals surface area (Å²) in [7, 11) is -12.6. The van der Waals surface area contributed by atoms with Gasteiger partial charge in [-0.25, -0.2) is 39.6 Å². The van der Waals surface area contributed by atoms with Crippen LogP contribution < -0.4 is 0 Å². The van der Waals surface area contributed by atoms with E-state index in [1.54, 1.807) is 127 Å². The molecular formula is C68H83N3O12S3. The van der Waals surface area contributed by atoms with Crippen LogP contribution in [0.4, 0.5) is 0 Å². The molecule has 5 aromatic carbocycles. The summed E-state index contributed by atoms with van der Waals surface area (Å²) in [6.07, 6.45) is 19.0. The van der Waals surface area contributed by atoms with Crippen LogP contribution in [0.1, 0.15) is 104 Å². The van der Waals surface area contributed by atoms with Gasteiger partial charge in [0.05, 0.1) is 33.0 Å². The van der Waals surface area contributed by atoms with Crippen LogP contribution in [0.15, 0.2) is 236 Å². The first-order chi connectivity index (χ1) is 41.2. The van der Waals surface area contributed by atoms with E-state index in [0.29, 0.717) is 39.3 Å². The van der Waals surface area contributed by atoms with Crippen molar-refractivity contribution in [3.05, 3.63) is 233 Å². The van der Waals surface area contributed by atoms with Crippen LogP contribution in [-0.2, 0) is 71.2 Å².